The minimum atomic E-state index is 0.467. The van der Waals surface area contributed by atoms with Crippen LogP contribution in [0.5, 0.6) is 0 Å². The van der Waals surface area contributed by atoms with Gasteiger partial charge in [0.2, 0.25) is 0 Å². The van der Waals surface area contributed by atoms with Crippen LogP contribution >= 0.6 is 11.6 Å². The fraction of sp³-hybridized carbons (Fsp3) is 0.667. The molecule has 0 aliphatic carbocycles. The van der Waals surface area contributed by atoms with E-state index in [-0.39, 0.29) is 0 Å². The largest absolute Gasteiger partial charge is 0.314 e. The maximum absolute atomic E-state index is 6.25. The van der Waals surface area contributed by atoms with E-state index in [4.69, 9.17) is 11.6 Å². The predicted octanol–water partition coefficient (Wildman–Crippen LogP) is 3.02. The molecule has 1 aromatic rings. The average molecular weight is 322 g/mol. The molecule has 122 valence electrons. The maximum atomic E-state index is 6.25. The summed E-state index contributed by atoms with van der Waals surface area (Å²) in [6.45, 7) is 10.4. The van der Waals surface area contributed by atoms with Crippen molar-refractivity contribution in [1.82, 2.24) is 15.1 Å². The minimum Gasteiger partial charge on any atom is -0.314 e. The molecule has 4 heteroatoms. The van der Waals surface area contributed by atoms with Crippen molar-refractivity contribution in [3.63, 3.8) is 0 Å². The van der Waals surface area contributed by atoms with Crippen molar-refractivity contribution in [2.24, 2.45) is 5.92 Å². The molecule has 1 unspecified atom stereocenters. The summed E-state index contributed by atoms with van der Waals surface area (Å²) >= 11 is 6.25. The number of piperidine rings is 1. The van der Waals surface area contributed by atoms with Crippen LogP contribution in [0, 0.1) is 5.92 Å². The van der Waals surface area contributed by atoms with Gasteiger partial charge in [-0.3, -0.25) is 4.90 Å². The normalized spacial score (nSPS) is 23.5. The third-order valence-corrected chi connectivity index (χ3v) is 5.37. The number of hydrogen-bond donors (Lipinski definition) is 1. The van der Waals surface area contributed by atoms with Crippen LogP contribution < -0.4 is 5.32 Å². The molecule has 2 aliphatic rings. The molecule has 2 saturated heterocycles. The van der Waals surface area contributed by atoms with Gasteiger partial charge in [-0.05, 0) is 49.5 Å². The number of piperazine rings is 1. The van der Waals surface area contributed by atoms with Gasteiger partial charge >= 0.3 is 0 Å². The SMILES string of the molecule is CC1CCN(CC(c2cccc(Cl)c2)N2CCNCC2)CC1. The zero-order chi connectivity index (χ0) is 15.4. The summed E-state index contributed by atoms with van der Waals surface area (Å²) in [5.41, 5.74) is 1.37. The van der Waals surface area contributed by atoms with E-state index in [0.29, 0.717) is 6.04 Å². The summed E-state index contributed by atoms with van der Waals surface area (Å²) in [6, 6.07) is 8.92. The van der Waals surface area contributed by atoms with Gasteiger partial charge in [0.15, 0.2) is 0 Å². The first-order valence-corrected chi connectivity index (χ1v) is 9.03. The Hall–Kier alpha value is -0.610. The highest BCUT2D eigenvalue weighted by Crippen LogP contribution is 2.27. The lowest BCUT2D eigenvalue weighted by atomic mass is 9.97. The summed E-state index contributed by atoms with van der Waals surface area (Å²) in [5, 5.41) is 4.31. The molecule has 0 saturated carbocycles. The van der Waals surface area contributed by atoms with Gasteiger partial charge in [0.25, 0.3) is 0 Å². The first-order valence-electron chi connectivity index (χ1n) is 8.65. The lowest BCUT2D eigenvalue weighted by Gasteiger charge is -2.40. The van der Waals surface area contributed by atoms with Gasteiger partial charge in [-0.1, -0.05) is 30.7 Å². The Balaban J connectivity index is 1.73. The van der Waals surface area contributed by atoms with E-state index in [0.717, 1.165) is 43.7 Å². The van der Waals surface area contributed by atoms with E-state index < -0.39 is 0 Å². The number of nitrogens with zero attached hydrogens (tertiary/aromatic N) is 2. The molecule has 1 N–H and O–H groups in total. The Labute approximate surface area is 139 Å². The van der Waals surface area contributed by atoms with E-state index in [1.807, 2.05) is 6.07 Å². The predicted molar refractivity (Wildman–Crippen MR) is 93.5 cm³/mol. The second-order valence-electron chi connectivity index (χ2n) is 6.84. The van der Waals surface area contributed by atoms with Gasteiger partial charge in [-0.15, -0.1) is 0 Å². The van der Waals surface area contributed by atoms with Crippen molar-refractivity contribution in [2.45, 2.75) is 25.8 Å². The van der Waals surface area contributed by atoms with Crippen molar-refractivity contribution < 1.29 is 0 Å². The summed E-state index contributed by atoms with van der Waals surface area (Å²) in [7, 11) is 0. The second-order valence-corrected chi connectivity index (χ2v) is 7.28. The van der Waals surface area contributed by atoms with Gasteiger partial charge in [-0.2, -0.15) is 0 Å². The average Bonchev–Trinajstić information content (AvgIpc) is 2.55. The molecule has 2 heterocycles. The fourth-order valence-electron chi connectivity index (χ4n) is 3.63. The van der Waals surface area contributed by atoms with E-state index >= 15 is 0 Å². The topological polar surface area (TPSA) is 18.5 Å². The number of likely N-dealkylation sites (tertiary alicyclic amines) is 1. The Morgan fingerprint density at radius 2 is 1.91 bits per heavy atom. The van der Waals surface area contributed by atoms with Crippen LogP contribution in [0.3, 0.4) is 0 Å². The molecule has 1 aromatic carbocycles. The highest BCUT2D eigenvalue weighted by atomic mass is 35.5. The highest BCUT2D eigenvalue weighted by molar-refractivity contribution is 6.30. The number of halogens is 1. The molecular formula is C18H28ClN3. The molecule has 0 bridgehead atoms. The van der Waals surface area contributed by atoms with Crippen LogP contribution in [-0.2, 0) is 0 Å². The molecular weight excluding hydrogens is 294 g/mol. The molecule has 0 radical (unpaired) electrons. The fourth-order valence-corrected chi connectivity index (χ4v) is 3.83. The molecule has 3 nitrogen and oxygen atoms in total. The zero-order valence-electron chi connectivity index (χ0n) is 13.6. The van der Waals surface area contributed by atoms with Crippen molar-refractivity contribution in [3.05, 3.63) is 34.9 Å². The lowest BCUT2D eigenvalue weighted by Crippen LogP contribution is -2.48. The molecule has 3 rings (SSSR count). The van der Waals surface area contributed by atoms with Crippen molar-refractivity contribution in [2.75, 3.05) is 45.8 Å². The second kappa shape index (κ2) is 7.78. The van der Waals surface area contributed by atoms with Gasteiger partial charge in [0.1, 0.15) is 0 Å². The van der Waals surface area contributed by atoms with E-state index in [1.54, 1.807) is 0 Å². The van der Waals surface area contributed by atoms with E-state index in [1.165, 1.54) is 31.5 Å². The number of benzene rings is 1. The molecule has 22 heavy (non-hydrogen) atoms. The maximum Gasteiger partial charge on any atom is 0.0476 e. The number of rotatable bonds is 4. The van der Waals surface area contributed by atoms with Gasteiger partial charge in [-0.25, -0.2) is 0 Å². The Morgan fingerprint density at radius 3 is 2.59 bits per heavy atom. The van der Waals surface area contributed by atoms with E-state index in [2.05, 4.69) is 40.2 Å². The lowest BCUT2D eigenvalue weighted by molar-refractivity contribution is 0.104. The molecule has 0 amide bonds. The van der Waals surface area contributed by atoms with Gasteiger partial charge < -0.3 is 10.2 Å². The first kappa shape index (κ1) is 16.3. The highest BCUT2D eigenvalue weighted by Gasteiger charge is 2.26. The quantitative estimate of drug-likeness (QED) is 0.919. The van der Waals surface area contributed by atoms with Crippen LogP contribution in [0.2, 0.25) is 5.02 Å². The smallest absolute Gasteiger partial charge is 0.0476 e. The number of hydrogen-bond acceptors (Lipinski definition) is 3. The van der Waals surface area contributed by atoms with Crippen LogP contribution in [0.4, 0.5) is 0 Å². The van der Waals surface area contributed by atoms with Crippen molar-refractivity contribution in [3.8, 4) is 0 Å². The molecule has 2 fully saturated rings. The monoisotopic (exact) mass is 321 g/mol. The van der Waals surface area contributed by atoms with E-state index in [9.17, 15) is 0 Å². The third kappa shape index (κ3) is 4.23. The molecule has 2 aliphatic heterocycles. The van der Waals surface area contributed by atoms with Crippen LogP contribution in [0.1, 0.15) is 31.4 Å². The zero-order valence-corrected chi connectivity index (χ0v) is 14.4. The van der Waals surface area contributed by atoms with Gasteiger partial charge in [0, 0.05) is 43.8 Å². The van der Waals surface area contributed by atoms with Gasteiger partial charge in [0.05, 0.1) is 0 Å². The Kier molecular flexibility index (Phi) is 5.75. The standard InChI is InChI=1S/C18H28ClN3/c1-15-5-9-21(10-6-15)14-18(22-11-7-20-8-12-22)16-3-2-4-17(19)13-16/h2-4,13,15,18,20H,5-12,14H2,1H3. The third-order valence-electron chi connectivity index (χ3n) is 5.13. The van der Waals surface area contributed by atoms with Crippen molar-refractivity contribution in [1.29, 1.82) is 0 Å². The Bertz CT molecular complexity index is 465. The van der Waals surface area contributed by atoms with Crippen LogP contribution in [-0.4, -0.2) is 55.6 Å². The van der Waals surface area contributed by atoms with Crippen molar-refractivity contribution >= 4 is 11.6 Å². The summed E-state index contributed by atoms with van der Waals surface area (Å²) in [5.74, 6) is 0.889. The number of nitrogens with one attached hydrogen (secondary N) is 1. The summed E-state index contributed by atoms with van der Waals surface area (Å²) in [6.07, 6.45) is 2.67. The van der Waals surface area contributed by atoms with Crippen LogP contribution in [0.25, 0.3) is 0 Å². The summed E-state index contributed by atoms with van der Waals surface area (Å²) < 4.78 is 0. The van der Waals surface area contributed by atoms with Crippen LogP contribution in [0.15, 0.2) is 24.3 Å². The minimum absolute atomic E-state index is 0.467. The molecule has 0 aromatic heterocycles. The molecule has 1 atom stereocenters. The Morgan fingerprint density at radius 1 is 1.18 bits per heavy atom. The molecule has 0 spiro atoms. The first-order chi connectivity index (χ1) is 10.7. The summed E-state index contributed by atoms with van der Waals surface area (Å²) in [4.78, 5) is 5.27.